The van der Waals surface area contributed by atoms with Crippen molar-refractivity contribution in [3.05, 3.63) is 136 Å². The van der Waals surface area contributed by atoms with E-state index in [0.717, 1.165) is 22.3 Å². The summed E-state index contributed by atoms with van der Waals surface area (Å²) in [5.41, 5.74) is 10.6. The quantitative estimate of drug-likeness (QED) is 0.264. The molecule has 37 heavy (non-hydrogen) atoms. The highest BCUT2D eigenvalue weighted by Gasteiger charge is 2.31. The van der Waals surface area contributed by atoms with Crippen molar-refractivity contribution in [3.8, 4) is 23.3 Å². The third kappa shape index (κ3) is 5.16. The number of rotatable bonds is 6. The third-order valence-electron chi connectivity index (χ3n) is 6.15. The number of nitriles is 1. The van der Waals surface area contributed by atoms with E-state index >= 15 is 0 Å². The summed E-state index contributed by atoms with van der Waals surface area (Å²) in [7, 11) is 0. The molecule has 0 fully saturated rings. The van der Waals surface area contributed by atoms with E-state index in [1.165, 1.54) is 0 Å². The Morgan fingerprint density at radius 2 is 1.65 bits per heavy atom. The number of fused-ring (bicyclic) bond motifs is 1. The summed E-state index contributed by atoms with van der Waals surface area (Å²) in [6, 6.07) is 31.9. The van der Waals surface area contributed by atoms with Crippen LogP contribution in [-0.4, -0.2) is 5.97 Å². The van der Waals surface area contributed by atoms with E-state index in [1.807, 2.05) is 73.7 Å². The van der Waals surface area contributed by atoms with Gasteiger partial charge in [-0.2, -0.15) is 5.26 Å². The summed E-state index contributed by atoms with van der Waals surface area (Å²) in [4.78, 5) is 12.6. The molecule has 0 saturated heterocycles. The van der Waals surface area contributed by atoms with Crippen LogP contribution in [0.25, 0.3) is 0 Å². The molecule has 0 aromatic heterocycles. The molecule has 0 saturated carbocycles. The Morgan fingerprint density at radius 3 is 2.35 bits per heavy atom. The Balaban J connectivity index is 1.38. The number of carbonyl (C=O) groups excluding carboxylic acids is 1. The zero-order chi connectivity index (χ0) is 25.8. The molecule has 1 unspecified atom stereocenters. The number of esters is 1. The van der Waals surface area contributed by atoms with Crippen molar-refractivity contribution in [1.29, 1.82) is 5.26 Å². The second-order valence-electron chi connectivity index (χ2n) is 8.72. The molecule has 5 rings (SSSR count). The van der Waals surface area contributed by atoms with Gasteiger partial charge < -0.3 is 19.9 Å². The molecule has 0 spiro atoms. The van der Waals surface area contributed by atoms with Gasteiger partial charge in [0, 0.05) is 11.6 Å². The van der Waals surface area contributed by atoms with Crippen LogP contribution in [0.4, 0.5) is 0 Å². The lowest BCUT2D eigenvalue weighted by Crippen LogP contribution is -2.21. The summed E-state index contributed by atoms with van der Waals surface area (Å²) >= 11 is 0. The first kappa shape index (κ1) is 23.7. The molecule has 1 aliphatic rings. The largest absolute Gasteiger partial charge is 0.489 e. The molecule has 1 atom stereocenters. The zero-order valence-corrected chi connectivity index (χ0v) is 20.2. The van der Waals surface area contributed by atoms with Gasteiger partial charge in [0.25, 0.3) is 0 Å². The van der Waals surface area contributed by atoms with Gasteiger partial charge in [-0.15, -0.1) is 0 Å². The van der Waals surface area contributed by atoms with Crippen molar-refractivity contribution in [3.63, 3.8) is 0 Å². The number of aryl methyl sites for hydroxylation is 1. The Hall–Kier alpha value is -5.02. The van der Waals surface area contributed by atoms with E-state index < -0.39 is 11.9 Å². The van der Waals surface area contributed by atoms with Gasteiger partial charge in [-0.3, -0.25) is 0 Å². The molecule has 182 valence electrons. The SMILES string of the molecule is Cc1ccc(C(=O)Oc2ccc3c(c2)OC(N)=C(C#N)C3c2ccc(OCc3ccccc3)cc2)cc1. The first-order valence-corrected chi connectivity index (χ1v) is 11.8. The van der Waals surface area contributed by atoms with Gasteiger partial charge in [-0.1, -0.05) is 66.2 Å². The standard InChI is InChI=1S/C31H24N2O4/c1-20-7-9-23(10-8-20)31(34)36-25-15-16-26-28(17-25)37-30(33)27(18-32)29(26)22-11-13-24(14-12-22)35-19-21-5-3-2-4-6-21/h2-17,29H,19,33H2,1H3. The minimum Gasteiger partial charge on any atom is -0.489 e. The number of carbonyl (C=O) groups is 1. The van der Waals surface area contributed by atoms with Crippen LogP contribution >= 0.6 is 0 Å². The molecule has 0 bridgehead atoms. The van der Waals surface area contributed by atoms with E-state index in [2.05, 4.69) is 6.07 Å². The highest BCUT2D eigenvalue weighted by Crippen LogP contribution is 2.43. The molecule has 1 aliphatic heterocycles. The first-order chi connectivity index (χ1) is 18.0. The van der Waals surface area contributed by atoms with E-state index in [-0.39, 0.29) is 5.88 Å². The van der Waals surface area contributed by atoms with Crippen LogP contribution in [0, 0.1) is 18.3 Å². The average Bonchev–Trinajstić information content (AvgIpc) is 2.92. The zero-order valence-electron chi connectivity index (χ0n) is 20.2. The monoisotopic (exact) mass is 488 g/mol. The second-order valence-corrected chi connectivity index (χ2v) is 8.72. The summed E-state index contributed by atoms with van der Waals surface area (Å²) in [6.07, 6.45) is 0. The summed E-state index contributed by atoms with van der Waals surface area (Å²) in [5.74, 6) is 0.583. The lowest BCUT2D eigenvalue weighted by atomic mass is 9.83. The fourth-order valence-corrected chi connectivity index (χ4v) is 4.20. The van der Waals surface area contributed by atoms with Crippen LogP contribution in [0.5, 0.6) is 17.2 Å². The summed E-state index contributed by atoms with van der Waals surface area (Å²) in [6.45, 7) is 2.41. The van der Waals surface area contributed by atoms with Gasteiger partial charge in [0.2, 0.25) is 5.88 Å². The van der Waals surface area contributed by atoms with E-state index in [0.29, 0.717) is 35.0 Å². The molecule has 4 aromatic carbocycles. The number of hydrogen-bond donors (Lipinski definition) is 1. The van der Waals surface area contributed by atoms with Crippen molar-refractivity contribution >= 4 is 5.97 Å². The van der Waals surface area contributed by atoms with Gasteiger partial charge in [0.05, 0.1) is 11.5 Å². The molecule has 0 amide bonds. The fraction of sp³-hybridized carbons (Fsp3) is 0.0968. The molecule has 4 aromatic rings. The van der Waals surface area contributed by atoms with E-state index in [4.69, 9.17) is 19.9 Å². The van der Waals surface area contributed by atoms with Gasteiger partial charge in [0.1, 0.15) is 35.5 Å². The fourth-order valence-electron chi connectivity index (χ4n) is 4.20. The third-order valence-corrected chi connectivity index (χ3v) is 6.15. The molecule has 6 heteroatoms. The van der Waals surface area contributed by atoms with Crippen molar-refractivity contribution in [2.24, 2.45) is 5.73 Å². The maximum Gasteiger partial charge on any atom is 0.343 e. The Morgan fingerprint density at radius 1 is 0.946 bits per heavy atom. The maximum absolute atomic E-state index is 12.6. The molecule has 0 aliphatic carbocycles. The molecular formula is C31H24N2O4. The molecular weight excluding hydrogens is 464 g/mol. The lowest BCUT2D eigenvalue weighted by molar-refractivity contribution is 0.0734. The van der Waals surface area contributed by atoms with Gasteiger partial charge in [-0.05, 0) is 48.4 Å². The predicted molar refractivity (Wildman–Crippen MR) is 139 cm³/mol. The Bertz CT molecular complexity index is 1500. The van der Waals surface area contributed by atoms with Crippen LogP contribution in [0.2, 0.25) is 0 Å². The van der Waals surface area contributed by atoms with Crippen molar-refractivity contribution in [2.45, 2.75) is 19.4 Å². The smallest absolute Gasteiger partial charge is 0.343 e. The highest BCUT2D eigenvalue weighted by atomic mass is 16.5. The number of nitrogens with zero attached hydrogens (tertiary/aromatic N) is 1. The normalized spacial score (nSPS) is 14.2. The van der Waals surface area contributed by atoms with E-state index in [1.54, 1.807) is 30.3 Å². The number of ether oxygens (including phenoxy) is 3. The predicted octanol–water partition coefficient (Wildman–Crippen LogP) is 6.01. The molecule has 0 radical (unpaired) electrons. The van der Waals surface area contributed by atoms with Crippen LogP contribution in [0.3, 0.4) is 0 Å². The van der Waals surface area contributed by atoms with Crippen LogP contribution in [-0.2, 0) is 6.61 Å². The van der Waals surface area contributed by atoms with Crippen molar-refractivity contribution < 1.29 is 19.0 Å². The lowest BCUT2D eigenvalue weighted by Gasteiger charge is -2.26. The van der Waals surface area contributed by atoms with Gasteiger partial charge in [-0.25, -0.2) is 4.79 Å². The molecule has 6 nitrogen and oxygen atoms in total. The number of benzene rings is 4. The Labute approximate surface area is 215 Å². The molecule has 2 N–H and O–H groups in total. The topological polar surface area (TPSA) is 94.6 Å². The van der Waals surface area contributed by atoms with Gasteiger partial charge in [0.15, 0.2) is 0 Å². The maximum atomic E-state index is 12.6. The second kappa shape index (κ2) is 10.3. The first-order valence-electron chi connectivity index (χ1n) is 11.8. The van der Waals surface area contributed by atoms with Crippen LogP contribution in [0.15, 0.2) is 109 Å². The van der Waals surface area contributed by atoms with Gasteiger partial charge >= 0.3 is 5.97 Å². The number of nitrogens with two attached hydrogens (primary N) is 1. The van der Waals surface area contributed by atoms with Crippen LogP contribution in [0.1, 0.15) is 38.5 Å². The molecule has 1 heterocycles. The van der Waals surface area contributed by atoms with Crippen molar-refractivity contribution in [2.75, 3.05) is 0 Å². The minimum absolute atomic E-state index is 0.0198. The average molecular weight is 489 g/mol. The van der Waals surface area contributed by atoms with Crippen LogP contribution < -0.4 is 19.9 Å². The highest BCUT2D eigenvalue weighted by molar-refractivity contribution is 5.91. The van der Waals surface area contributed by atoms with E-state index in [9.17, 15) is 10.1 Å². The number of hydrogen-bond acceptors (Lipinski definition) is 6. The minimum atomic E-state index is -0.473. The summed E-state index contributed by atoms with van der Waals surface area (Å²) in [5, 5.41) is 9.84. The Kier molecular flexibility index (Phi) is 6.60. The number of allylic oxidation sites excluding steroid dienone is 1. The summed E-state index contributed by atoms with van der Waals surface area (Å²) < 4.78 is 17.2. The van der Waals surface area contributed by atoms with Crippen molar-refractivity contribution in [1.82, 2.24) is 0 Å².